The minimum Gasteiger partial charge on any atom is -0.376 e. The van der Waals surface area contributed by atoms with Crippen LogP contribution in [0.15, 0.2) is 36.0 Å². The van der Waals surface area contributed by atoms with Crippen LogP contribution in [-0.2, 0) is 4.74 Å². The maximum Gasteiger partial charge on any atom is 0.263 e. The molecule has 1 saturated heterocycles. The molecule has 2 atom stereocenters. The van der Waals surface area contributed by atoms with Crippen molar-refractivity contribution in [2.75, 3.05) is 11.9 Å². The van der Waals surface area contributed by atoms with Gasteiger partial charge >= 0.3 is 0 Å². The minimum absolute atomic E-state index is 0.0590. The molecule has 0 aromatic carbocycles. The fraction of sp³-hybridized carbons (Fsp3) is 0.353. The molecule has 0 saturated carbocycles. The Hall–Kier alpha value is -2.25. The summed E-state index contributed by atoms with van der Waals surface area (Å²) in [5.41, 5.74) is 1.01. The average Bonchev–Trinajstić information content (AvgIpc) is 3.27. The van der Waals surface area contributed by atoms with Gasteiger partial charge in [0.25, 0.3) is 11.8 Å². The summed E-state index contributed by atoms with van der Waals surface area (Å²) in [5, 5.41) is 7.53. The molecule has 0 radical (unpaired) electrons. The molecule has 2 amide bonds. The number of hydrogen-bond acceptors (Lipinski definition) is 5. The molecule has 7 heteroatoms. The fourth-order valence-corrected chi connectivity index (χ4v) is 3.40. The van der Waals surface area contributed by atoms with Crippen LogP contribution < -0.4 is 10.6 Å². The molecule has 2 aromatic heterocycles. The molecule has 24 heavy (non-hydrogen) atoms. The van der Waals surface area contributed by atoms with Crippen LogP contribution in [0, 0.1) is 0 Å². The Labute approximate surface area is 144 Å². The summed E-state index contributed by atoms with van der Waals surface area (Å²) >= 11 is 1.30. The predicted molar refractivity (Wildman–Crippen MR) is 92.4 cm³/mol. The third-order valence-corrected chi connectivity index (χ3v) is 4.86. The third-order valence-electron chi connectivity index (χ3n) is 3.94. The highest BCUT2D eigenvalue weighted by atomic mass is 32.1. The van der Waals surface area contributed by atoms with Gasteiger partial charge < -0.3 is 15.4 Å². The molecular formula is C17H19N3O3S. The van der Waals surface area contributed by atoms with Gasteiger partial charge in [-0.3, -0.25) is 14.6 Å². The summed E-state index contributed by atoms with van der Waals surface area (Å²) in [7, 11) is 0. The number of pyridine rings is 1. The van der Waals surface area contributed by atoms with Crippen LogP contribution in [0.25, 0.3) is 0 Å². The second-order valence-electron chi connectivity index (χ2n) is 5.67. The summed E-state index contributed by atoms with van der Waals surface area (Å²) in [4.78, 5) is 29.1. The predicted octanol–water partition coefficient (Wildman–Crippen LogP) is 2.69. The minimum atomic E-state index is -0.267. The number of nitrogens with one attached hydrogen (secondary N) is 2. The van der Waals surface area contributed by atoms with Crippen molar-refractivity contribution < 1.29 is 14.3 Å². The molecule has 126 valence electrons. The summed E-state index contributed by atoms with van der Waals surface area (Å²) in [6, 6.07) is 4.92. The Balaban J connectivity index is 1.66. The Morgan fingerprint density at radius 2 is 2.08 bits per heavy atom. The van der Waals surface area contributed by atoms with Crippen LogP contribution in [0.1, 0.15) is 39.8 Å². The molecular weight excluding hydrogens is 326 g/mol. The SMILES string of the molecule is C[C@H](NC(=O)c1sccc1NC(=O)c1ccncc1)[C@H]1CCCO1. The number of hydrogen-bond donors (Lipinski definition) is 2. The van der Waals surface area contributed by atoms with Gasteiger partial charge in [-0.2, -0.15) is 0 Å². The number of thiophene rings is 1. The number of nitrogens with zero attached hydrogens (tertiary/aromatic N) is 1. The number of carbonyl (C=O) groups excluding carboxylic acids is 2. The maximum atomic E-state index is 12.5. The average molecular weight is 345 g/mol. The van der Waals surface area contributed by atoms with Crippen molar-refractivity contribution in [1.82, 2.24) is 10.3 Å². The molecule has 3 heterocycles. The smallest absolute Gasteiger partial charge is 0.263 e. The first kappa shape index (κ1) is 16.6. The monoisotopic (exact) mass is 345 g/mol. The van der Waals surface area contributed by atoms with Crippen LogP contribution in [0.3, 0.4) is 0 Å². The van der Waals surface area contributed by atoms with Crippen molar-refractivity contribution in [3.8, 4) is 0 Å². The number of ether oxygens (including phenoxy) is 1. The zero-order valence-electron chi connectivity index (χ0n) is 13.3. The lowest BCUT2D eigenvalue weighted by Gasteiger charge is -2.20. The van der Waals surface area contributed by atoms with Gasteiger partial charge in [0, 0.05) is 24.6 Å². The van der Waals surface area contributed by atoms with Gasteiger partial charge in [0.1, 0.15) is 4.88 Å². The number of anilines is 1. The van der Waals surface area contributed by atoms with E-state index in [0.717, 1.165) is 19.4 Å². The second-order valence-corrected chi connectivity index (χ2v) is 6.58. The molecule has 0 aliphatic carbocycles. The second kappa shape index (κ2) is 7.55. The standard InChI is InChI=1S/C17H19N3O3S/c1-11(14-3-2-9-23-14)19-17(22)15-13(6-10-24-15)20-16(21)12-4-7-18-8-5-12/h4-8,10-11,14H,2-3,9H2,1H3,(H,19,22)(H,20,21)/t11-,14+/m0/s1. The van der Waals surface area contributed by atoms with Crippen LogP contribution in [0.2, 0.25) is 0 Å². The van der Waals surface area contributed by atoms with Crippen molar-refractivity contribution in [3.63, 3.8) is 0 Å². The van der Waals surface area contributed by atoms with Crippen LogP contribution in [0.5, 0.6) is 0 Å². The highest BCUT2D eigenvalue weighted by Crippen LogP contribution is 2.24. The van der Waals surface area contributed by atoms with Crippen LogP contribution >= 0.6 is 11.3 Å². The van der Waals surface area contributed by atoms with E-state index in [1.165, 1.54) is 11.3 Å². The highest BCUT2D eigenvalue weighted by Gasteiger charge is 2.25. The van der Waals surface area contributed by atoms with Gasteiger partial charge in [-0.25, -0.2) is 0 Å². The number of rotatable bonds is 5. The van der Waals surface area contributed by atoms with E-state index in [0.29, 0.717) is 16.1 Å². The molecule has 6 nitrogen and oxygen atoms in total. The number of amides is 2. The van der Waals surface area contributed by atoms with Crippen molar-refractivity contribution in [2.45, 2.75) is 31.9 Å². The molecule has 3 rings (SSSR count). The van der Waals surface area contributed by atoms with Gasteiger partial charge in [0.05, 0.1) is 17.8 Å². The normalized spacial score (nSPS) is 18.1. The third kappa shape index (κ3) is 3.80. The van der Waals surface area contributed by atoms with Crippen molar-refractivity contribution >= 4 is 28.8 Å². The molecule has 1 fully saturated rings. The highest BCUT2D eigenvalue weighted by molar-refractivity contribution is 7.12. The van der Waals surface area contributed by atoms with E-state index in [1.807, 2.05) is 6.92 Å². The van der Waals surface area contributed by atoms with E-state index in [1.54, 1.807) is 36.0 Å². The molecule has 0 unspecified atom stereocenters. The lowest BCUT2D eigenvalue weighted by atomic mass is 10.1. The molecule has 1 aliphatic heterocycles. The Bertz CT molecular complexity index is 711. The lowest BCUT2D eigenvalue weighted by molar-refractivity contribution is 0.0715. The van der Waals surface area contributed by atoms with E-state index in [4.69, 9.17) is 4.74 Å². The topological polar surface area (TPSA) is 80.3 Å². The van der Waals surface area contributed by atoms with Gasteiger partial charge in [0.2, 0.25) is 0 Å². The molecule has 2 aromatic rings. The van der Waals surface area contributed by atoms with Crippen LogP contribution in [-0.4, -0.2) is 35.6 Å². The Morgan fingerprint density at radius 3 is 2.79 bits per heavy atom. The maximum absolute atomic E-state index is 12.5. The number of aromatic nitrogens is 1. The quantitative estimate of drug-likeness (QED) is 0.873. The fourth-order valence-electron chi connectivity index (χ4n) is 2.64. The first-order valence-corrected chi connectivity index (χ1v) is 8.74. The van der Waals surface area contributed by atoms with E-state index in [2.05, 4.69) is 15.6 Å². The zero-order chi connectivity index (χ0) is 16.9. The van der Waals surface area contributed by atoms with E-state index >= 15 is 0 Å². The van der Waals surface area contributed by atoms with E-state index in [-0.39, 0.29) is 24.0 Å². The molecule has 0 spiro atoms. The summed E-state index contributed by atoms with van der Waals surface area (Å²) in [5.74, 6) is -0.463. The van der Waals surface area contributed by atoms with Crippen molar-refractivity contribution in [3.05, 3.63) is 46.4 Å². The molecule has 0 bridgehead atoms. The van der Waals surface area contributed by atoms with E-state index < -0.39 is 0 Å². The summed E-state index contributed by atoms with van der Waals surface area (Å²) in [6.07, 6.45) is 5.15. The first-order valence-electron chi connectivity index (χ1n) is 7.86. The zero-order valence-corrected chi connectivity index (χ0v) is 14.1. The number of carbonyl (C=O) groups is 2. The van der Waals surface area contributed by atoms with Gasteiger partial charge in [-0.15, -0.1) is 11.3 Å². The van der Waals surface area contributed by atoms with Gasteiger partial charge in [-0.05, 0) is 43.3 Å². The summed E-state index contributed by atoms with van der Waals surface area (Å²) in [6.45, 7) is 2.69. The Morgan fingerprint density at radius 1 is 1.29 bits per heavy atom. The van der Waals surface area contributed by atoms with Crippen molar-refractivity contribution in [1.29, 1.82) is 0 Å². The molecule has 1 aliphatic rings. The van der Waals surface area contributed by atoms with Gasteiger partial charge in [0.15, 0.2) is 0 Å². The molecule has 2 N–H and O–H groups in total. The first-order chi connectivity index (χ1) is 11.6. The van der Waals surface area contributed by atoms with Gasteiger partial charge in [-0.1, -0.05) is 0 Å². The largest absolute Gasteiger partial charge is 0.376 e. The lowest BCUT2D eigenvalue weighted by Crippen LogP contribution is -2.40. The van der Waals surface area contributed by atoms with E-state index in [9.17, 15) is 9.59 Å². The van der Waals surface area contributed by atoms with Crippen molar-refractivity contribution in [2.24, 2.45) is 0 Å². The Kier molecular flexibility index (Phi) is 5.22. The summed E-state index contributed by atoms with van der Waals surface area (Å²) < 4.78 is 5.60. The van der Waals surface area contributed by atoms with Crippen LogP contribution in [0.4, 0.5) is 5.69 Å².